The molecule has 25 heavy (non-hydrogen) atoms. The molecule has 8 heteroatoms. The fourth-order valence-electron chi connectivity index (χ4n) is 2.77. The van der Waals surface area contributed by atoms with Gasteiger partial charge in [0.25, 0.3) is 0 Å². The Bertz CT molecular complexity index is 735. The molecule has 0 saturated carbocycles. The zero-order valence-electron chi connectivity index (χ0n) is 14.6. The van der Waals surface area contributed by atoms with E-state index in [1.54, 1.807) is 26.0 Å². The molecule has 0 spiro atoms. The molecule has 0 aromatic heterocycles. The number of hydrogen-bond donors (Lipinski definition) is 0. The summed E-state index contributed by atoms with van der Waals surface area (Å²) < 4.78 is 36.9. The van der Waals surface area contributed by atoms with Crippen molar-refractivity contribution in [2.45, 2.75) is 37.7 Å². The number of rotatable bonds is 5. The largest absolute Gasteiger partial charge is 0.465 e. The number of carbonyl (C=O) groups is 2. The minimum Gasteiger partial charge on any atom is -0.465 e. The maximum Gasteiger partial charge on any atom is 0.339 e. The van der Waals surface area contributed by atoms with Crippen molar-refractivity contribution in [3.05, 3.63) is 29.8 Å². The van der Waals surface area contributed by atoms with Gasteiger partial charge in [-0.15, -0.1) is 0 Å². The summed E-state index contributed by atoms with van der Waals surface area (Å²) in [5.74, 6) is -1.29. The number of methoxy groups -OCH3 is 1. The molecule has 1 heterocycles. The molecule has 2 rings (SSSR count). The van der Waals surface area contributed by atoms with Crippen molar-refractivity contribution in [2.24, 2.45) is 5.92 Å². The first-order chi connectivity index (χ1) is 11.8. The van der Waals surface area contributed by atoms with E-state index in [-0.39, 0.29) is 41.5 Å². The Morgan fingerprint density at radius 1 is 1.16 bits per heavy atom. The normalized spacial score (nSPS) is 16.6. The van der Waals surface area contributed by atoms with E-state index in [1.165, 1.54) is 23.5 Å². The number of ether oxygens (including phenoxy) is 2. The summed E-state index contributed by atoms with van der Waals surface area (Å²) >= 11 is 0. The summed E-state index contributed by atoms with van der Waals surface area (Å²) in [5.41, 5.74) is 0.00587. The van der Waals surface area contributed by atoms with Gasteiger partial charge >= 0.3 is 11.9 Å². The lowest BCUT2D eigenvalue weighted by Gasteiger charge is -2.30. The molecule has 1 saturated heterocycles. The molecule has 138 valence electrons. The SMILES string of the molecule is COC(=O)c1ccccc1S(=O)(=O)N1CCC(C(=O)OC(C)C)CC1. The number of piperidine rings is 1. The van der Waals surface area contributed by atoms with Gasteiger partial charge in [0, 0.05) is 13.1 Å². The molecule has 1 aromatic rings. The van der Waals surface area contributed by atoms with Gasteiger partial charge in [0.15, 0.2) is 0 Å². The average Bonchev–Trinajstić information content (AvgIpc) is 2.60. The van der Waals surface area contributed by atoms with E-state index in [0.29, 0.717) is 12.8 Å². The van der Waals surface area contributed by atoms with E-state index < -0.39 is 16.0 Å². The molecule has 1 fully saturated rings. The first-order valence-electron chi connectivity index (χ1n) is 8.15. The van der Waals surface area contributed by atoms with Crippen LogP contribution in [0.4, 0.5) is 0 Å². The first-order valence-corrected chi connectivity index (χ1v) is 9.59. The fourth-order valence-corrected chi connectivity index (χ4v) is 4.42. The third kappa shape index (κ3) is 4.38. The third-order valence-corrected chi connectivity index (χ3v) is 6.01. The van der Waals surface area contributed by atoms with Crippen LogP contribution in [-0.4, -0.2) is 51.0 Å². The van der Waals surface area contributed by atoms with Gasteiger partial charge in [0.2, 0.25) is 10.0 Å². The number of nitrogens with zero attached hydrogens (tertiary/aromatic N) is 1. The summed E-state index contributed by atoms with van der Waals surface area (Å²) in [6.45, 7) is 3.97. The molecule has 7 nitrogen and oxygen atoms in total. The predicted octanol–water partition coefficient (Wildman–Crippen LogP) is 1.83. The molecule has 0 aliphatic carbocycles. The smallest absolute Gasteiger partial charge is 0.339 e. The van der Waals surface area contributed by atoms with Gasteiger partial charge in [-0.25, -0.2) is 13.2 Å². The number of carbonyl (C=O) groups excluding carboxylic acids is 2. The summed E-state index contributed by atoms with van der Waals surface area (Å²) in [4.78, 5) is 23.7. The molecule has 0 atom stereocenters. The van der Waals surface area contributed by atoms with E-state index in [0.717, 1.165) is 0 Å². The highest BCUT2D eigenvalue weighted by Gasteiger charge is 2.34. The van der Waals surface area contributed by atoms with Crippen molar-refractivity contribution in [2.75, 3.05) is 20.2 Å². The Balaban J connectivity index is 2.15. The van der Waals surface area contributed by atoms with Gasteiger partial charge in [-0.3, -0.25) is 4.79 Å². The topological polar surface area (TPSA) is 90.0 Å². The predicted molar refractivity (Wildman–Crippen MR) is 90.5 cm³/mol. The summed E-state index contributed by atoms with van der Waals surface area (Å²) in [5, 5.41) is 0. The van der Waals surface area contributed by atoms with E-state index >= 15 is 0 Å². The van der Waals surface area contributed by atoms with Crippen LogP contribution in [-0.2, 0) is 24.3 Å². The Morgan fingerprint density at radius 3 is 2.32 bits per heavy atom. The molecule has 1 aliphatic rings. The zero-order chi connectivity index (χ0) is 18.6. The van der Waals surface area contributed by atoms with Crippen LogP contribution in [0.3, 0.4) is 0 Å². The van der Waals surface area contributed by atoms with Gasteiger partial charge in [-0.2, -0.15) is 4.31 Å². The van der Waals surface area contributed by atoms with Crippen LogP contribution >= 0.6 is 0 Å². The van der Waals surface area contributed by atoms with Crippen molar-refractivity contribution >= 4 is 22.0 Å². The molecule has 0 unspecified atom stereocenters. The van der Waals surface area contributed by atoms with Crippen molar-refractivity contribution in [3.8, 4) is 0 Å². The van der Waals surface area contributed by atoms with Crippen LogP contribution in [0.25, 0.3) is 0 Å². The molecule has 1 aromatic carbocycles. The number of benzene rings is 1. The number of sulfonamides is 1. The number of esters is 2. The van der Waals surface area contributed by atoms with Crippen LogP contribution < -0.4 is 0 Å². The summed E-state index contributed by atoms with van der Waals surface area (Å²) in [6.07, 6.45) is 0.595. The molecule has 0 N–H and O–H groups in total. The Kier molecular flexibility index (Phi) is 6.18. The Labute approximate surface area is 148 Å². The van der Waals surface area contributed by atoms with Gasteiger partial charge in [0.1, 0.15) is 0 Å². The van der Waals surface area contributed by atoms with Gasteiger partial charge in [-0.1, -0.05) is 12.1 Å². The first kappa shape index (κ1) is 19.4. The monoisotopic (exact) mass is 369 g/mol. The van der Waals surface area contributed by atoms with E-state index in [1.807, 2.05) is 0 Å². The third-order valence-electron chi connectivity index (χ3n) is 4.05. The lowest BCUT2D eigenvalue weighted by atomic mass is 9.98. The highest BCUT2D eigenvalue weighted by atomic mass is 32.2. The highest BCUT2D eigenvalue weighted by molar-refractivity contribution is 7.89. The lowest BCUT2D eigenvalue weighted by Crippen LogP contribution is -2.41. The standard InChI is InChI=1S/C17H23NO6S/c1-12(2)24-16(19)13-8-10-18(11-9-13)25(21,22)15-7-5-4-6-14(15)17(20)23-3/h4-7,12-13H,8-11H2,1-3H3. The van der Waals surface area contributed by atoms with Crippen LogP contribution in [0.1, 0.15) is 37.0 Å². The molecular formula is C17H23NO6S. The zero-order valence-corrected chi connectivity index (χ0v) is 15.4. The van der Waals surface area contributed by atoms with Crippen LogP contribution in [0.5, 0.6) is 0 Å². The minimum absolute atomic E-state index is 0.00587. The molecular weight excluding hydrogens is 346 g/mol. The second-order valence-electron chi connectivity index (χ2n) is 6.15. The van der Waals surface area contributed by atoms with Gasteiger partial charge < -0.3 is 9.47 Å². The van der Waals surface area contributed by atoms with Crippen molar-refractivity contribution in [3.63, 3.8) is 0 Å². The second kappa shape index (κ2) is 7.97. The van der Waals surface area contributed by atoms with Crippen LogP contribution in [0.15, 0.2) is 29.2 Å². The van der Waals surface area contributed by atoms with Gasteiger partial charge in [0.05, 0.1) is 29.6 Å². The average molecular weight is 369 g/mol. The van der Waals surface area contributed by atoms with Crippen molar-refractivity contribution in [1.29, 1.82) is 0 Å². The van der Waals surface area contributed by atoms with Crippen LogP contribution in [0.2, 0.25) is 0 Å². The van der Waals surface area contributed by atoms with E-state index in [2.05, 4.69) is 4.74 Å². The quantitative estimate of drug-likeness (QED) is 0.736. The summed E-state index contributed by atoms with van der Waals surface area (Å²) in [7, 11) is -2.63. The Hall–Kier alpha value is -1.93. The lowest BCUT2D eigenvalue weighted by molar-refractivity contribution is -0.153. The van der Waals surface area contributed by atoms with Crippen LogP contribution in [0, 0.1) is 5.92 Å². The maximum absolute atomic E-state index is 12.9. The maximum atomic E-state index is 12.9. The minimum atomic E-state index is -3.84. The van der Waals surface area contributed by atoms with E-state index in [4.69, 9.17) is 4.74 Å². The molecule has 1 aliphatic heterocycles. The number of hydrogen-bond acceptors (Lipinski definition) is 6. The molecule has 0 bridgehead atoms. The Morgan fingerprint density at radius 2 is 1.76 bits per heavy atom. The van der Waals surface area contributed by atoms with Crippen molar-refractivity contribution < 1.29 is 27.5 Å². The van der Waals surface area contributed by atoms with Gasteiger partial charge in [-0.05, 0) is 38.8 Å². The van der Waals surface area contributed by atoms with E-state index in [9.17, 15) is 18.0 Å². The summed E-state index contributed by atoms with van der Waals surface area (Å²) in [6, 6.07) is 5.96. The van der Waals surface area contributed by atoms with Crippen molar-refractivity contribution in [1.82, 2.24) is 4.31 Å². The molecule has 0 radical (unpaired) electrons. The highest BCUT2D eigenvalue weighted by Crippen LogP contribution is 2.27. The molecule has 0 amide bonds. The fraction of sp³-hybridized carbons (Fsp3) is 0.529. The second-order valence-corrected chi connectivity index (χ2v) is 8.06.